The summed E-state index contributed by atoms with van der Waals surface area (Å²) >= 11 is 1.25. The maximum Gasteiger partial charge on any atom is 0.326 e. The second-order valence-corrected chi connectivity index (χ2v) is 15.6. The Morgan fingerprint density at radius 1 is 0.571 bits per heavy atom. The molecule has 16 N–H and O–H groups in total. The molecular weight excluding hydrogens is 863 g/mol. The lowest BCUT2D eigenvalue weighted by Crippen LogP contribution is -2.61. The molecule has 27 heteroatoms. The summed E-state index contributed by atoms with van der Waals surface area (Å²) in [5.41, 5.74) is 5.40. The molecule has 0 unspecified atom stereocenters. The number of carbonyl (C=O) groups is 11. The molecule has 358 valence electrons. The SMILES string of the molecule is CC[C@H](C)[C@H](NC(=O)[C@H](CO)NC(=O)CNC(=O)[C@@H](NC(=O)[C@@H](N)CO)[C@@H](C)O)C(=O)N[C@@H](CC(=O)O)C(=O)N[C@@H](CCSC)C(=O)N[C@H](C(=O)N[C@@H](CC(=O)O)C(=O)O)C(C)C. The van der Waals surface area contributed by atoms with Gasteiger partial charge in [0.2, 0.25) is 47.3 Å². The molecule has 0 rings (SSSR count). The number of carbonyl (C=O) groups excluding carboxylic acids is 8. The number of hydrogen-bond acceptors (Lipinski definition) is 16. The summed E-state index contributed by atoms with van der Waals surface area (Å²) in [6.45, 7) is 4.63. The van der Waals surface area contributed by atoms with Gasteiger partial charge in [-0.3, -0.25) is 47.9 Å². The number of aliphatic carboxylic acids is 3. The highest BCUT2D eigenvalue weighted by Crippen LogP contribution is 2.11. The molecule has 0 bridgehead atoms. The predicted octanol–water partition coefficient (Wildman–Crippen LogP) is -6.32. The number of nitrogens with two attached hydrogens (primary N) is 1. The van der Waals surface area contributed by atoms with Crippen LogP contribution in [0, 0.1) is 11.8 Å². The highest BCUT2D eigenvalue weighted by atomic mass is 32.2. The third kappa shape index (κ3) is 20.9. The van der Waals surface area contributed by atoms with Crippen LogP contribution in [-0.2, 0) is 52.7 Å². The van der Waals surface area contributed by atoms with Gasteiger partial charge < -0.3 is 78.9 Å². The van der Waals surface area contributed by atoms with Gasteiger partial charge >= 0.3 is 17.9 Å². The first kappa shape index (κ1) is 57.4. The highest BCUT2D eigenvalue weighted by molar-refractivity contribution is 7.98. The minimum atomic E-state index is -1.87. The van der Waals surface area contributed by atoms with Crippen LogP contribution in [0.5, 0.6) is 0 Å². The van der Waals surface area contributed by atoms with Gasteiger partial charge in [0, 0.05) is 0 Å². The number of amides is 8. The number of rotatable bonds is 30. The Morgan fingerprint density at radius 2 is 1.05 bits per heavy atom. The Bertz CT molecular complexity index is 1640. The minimum Gasteiger partial charge on any atom is -0.481 e. The smallest absolute Gasteiger partial charge is 0.326 e. The number of hydrogen-bond donors (Lipinski definition) is 15. The van der Waals surface area contributed by atoms with Crippen LogP contribution in [-0.4, -0.2) is 182 Å². The van der Waals surface area contributed by atoms with Crippen molar-refractivity contribution < 1.29 is 83.4 Å². The van der Waals surface area contributed by atoms with Crippen LogP contribution >= 0.6 is 11.8 Å². The molecule has 10 atom stereocenters. The van der Waals surface area contributed by atoms with E-state index in [1.165, 1.54) is 32.5 Å². The lowest BCUT2D eigenvalue weighted by atomic mass is 9.97. The van der Waals surface area contributed by atoms with Crippen LogP contribution in [0.2, 0.25) is 0 Å². The van der Waals surface area contributed by atoms with Crippen molar-refractivity contribution in [3.05, 3.63) is 0 Å². The third-order valence-electron chi connectivity index (χ3n) is 9.14. The van der Waals surface area contributed by atoms with Gasteiger partial charge in [0.1, 0.15) is 48.3 Å². The van der Waals surface area contributed by atoms with E-state index in [0.29, 0.717) is 0 Å². The Kier molecular flexibility index (Phi) is 26.3. The first-order valence-electron chi connectivity index (χ1n) is 19.5. The monoisotopic (exact) mass is 923 g/mol. The fraction of sp³-hybridized carbons (Fsp3) is 0.694. The van der Waals surface area contributed by atoms with Gasteiger partial charge in [0.05, 0.1) is 38.7 Å². The number of thioether (sulfide) groups is 1. The van der Waals surface area contributed by atoms with Crippen LogP contribution < -0.4 is 48.3 Å². The molecule has 26 nitrogen and oxygen atoms in total. The molecule has 0 saturated carbocycles. The van der Waals surface area contributed by atoms with Crippen molar-refractivity contribution in [2.24, 2.45) is 17.6 Å². The van der Waals surface area contributed by atoms with Crippen molar-refractivity contribution in [3.8, 4) is 0 Å². The van der Waals surface area contributed by atoms with Crippen molar-refractivity contribution in [3.63, 3.8) is 0 Å². The quantitative estimate of drug-likeness (QED) is 0.0319. The number of carboxylic acid groups (broad SMARTS) is 3. The van der Waals surface area contributed by atoms with Gasteiger partial charge in [0.25, 0.3) is 0 Å². The van der Waals surface area contributed by atoms with Crippen molar-refractivity contribution in [2.75, 3.05) is 31.8 Å². The molecule has 0 aromatic rings. The fourth-order valence-corrected chi connectivity index (χ4v) is 5.74. The minimum absolute atomic E-state index is 0.0871. The standard InChI is InChI=1S/C36H61N9O17S/c1-7-16(4)27(44-32(57)22(14-47)39-23(49)12-38-33(58)28(17(5)48)45-29(54)18(37)13-46)35(60)41-20(10-24(50)51)31(56)40-19(8-9-63-6)30(55)43-26(15(2)3)34(59)42-21(36(61)62)11-25(52)53/h15-22,26-28,46-48H,7-14,37H2,1-6H3,(H,38,58)(H,39,49)(H,40,56)(H,41,60)(H,42,59)(H,43,55)(H,44,57)(H,45,54)(H,50,51)(H,52,53)(H,61,62)/t16-,17+,18-,19-,20-,21-,22-,26-,27-,28-/m0/s1. The fourth-order valence-electron chi connectivity index (χ4n) is 5.27. The predicted molar refractivity (Wildman–Crippen MR) is 220 cm³/mol. The molecule has 0 heterocycles. The Morgan fingerprint density at radius 3 is 1.52 bits per heavy atom. The number of nitrogens with one attached hydrogen (secondary N) is 8. The molecule has 0 radical (unpaired) electrons. The summed E-state index contributed by atoms with van der Waals surface area (Å²) in [6.07, 6.45) is -1.68. The Hall–Kier alpha value is -5.64. The summed E-state index contributed by atoms with van der Waals surface area (Å²) in [7, 11) is 0. The number of aliphatic hydroxyl groups is 3. The molecule has 0 aromatic heterocycles. The van der Waals surface area contributed by atoms with Crippen molar-refractivity contribution in [1.82, 2.24) is 42.5 Å². The summed E-state index contributed by atoms with van der Waals surface area (Å²) < 4.78 is 0. The molecule has 0 fully saturated rings. The number of aliphatic hydroxyl groups excluding tert-OH is 3. The maximum absolute atomic E-state index is 13.7. The van der Waals surface area contributed by atoms with Crippen LogP contribution in [0.15, 0.2) is 0 Å². The molecule has 63 heavy (non-hydrogen) atoms. The molecule has 0 spiro atoms. The summed E-state index contributed by atoms with van der Waals surface area (Å²) in [6, 6.07) is -12.9. The molecule has 0 aliphatic heterocycles. The van der Waals surface area contributed by atoms with Crippen LogP contribution in [0.1, 0.15) is 60.3 Å². The number of carboxylic acids is 3. The van der Waals surface area contributed by atoms with Gasteiger partial charge in [0.15, 0.2) is 0 Å². The lowest BCUT2D eigenvalue weighted by molar-refractivity contribution is -0.147. The van der Waals surface area contributed by atoms with E-state index in [4.69, 9.17) is 15.9 Å². The van der Waals surface area contributed by atoms with Crippen molar-refractivity contribution in [1.29, 1.82) is 0 Å². The van der Waals surface area contributed by atoms with E-state index in [2.05, 4.69) is 42.5 Å². The average molecular weight is 924 g/mol. The zero-order valence-electron chi connectivity index (χ0n) is 35.7. The Labute approximate surface area is 366 Å². The zero-order chi connectivity index (χ0) is 48.7. The van der Waals surface area contributed by atoms with Gasteiger partial charge in [-0.15, -0.1) is 0 Å². The van der Waals surface area contributed by atoms with E-state index < -0.39 is 164 Å². The van der Waals surface area contributed by atoms with E-state index in [0.717, 1.165) is 6.92 Å². The molecular formula is C36H61N9O17S. The van der Waals surface area contributed by atoms with Gasteiger partial charge in [-0.05, 0) is 37.2 Å². The molecule has 0 saturated heterocycles. The normalized spacial score (nSPS) is 15.8. The first-order valence-corrected chi connectivity index (χ1v) is 20.9. The van der Waals surface area contributed by atoms with Crippen molar-refractivity contribution in [2.45, 2.75) is 115 Å². The lowest BCUT2D eigenvalue weighted by Gasteiger charge is -2.29. The summed E-state index contributed by atoms with van der Waals surface area (Å²) in [5.74, 6) is -14.4. The van der Waals surface area contributed by atoms with E-state index in [1.54, 1.807) is 13.2 Å². The first-order chi connectivity index (χ1) is 29.3. The van der Waals surface area contributed by atoms with Crippen LogP contribution in [0.25, 0.3) is 0 Å². The van der Waals surface area contributed by atoms with E-state index >= 15 is 0 Å². The topological polar surface area (TPSA) is 431 Å². The summed E-state index contributed by atoms with van der Waals surface area (Å²) in [5, 5.41) is 74.7. The average Bonchev–Trinajstić information content (AvgIpc) is 3.20. The van der Waals surface area contributed by atoms with Crippen molar-refractivity contribution >= 4 is 76.9 Å². The third-order valence-corrected chi connectivity index (χ3v) is 9.79. The van der Waals surface area contributed by atoms with Gasteiger partial charge in [-0.25, -0.2) is 4.79 Å². The van der Waals surface area contributed by atoms with Crippen LogP contribution in [0.3, 0.4) is 0 Å². The second kappa shape index (κ2) is 28.9. The van der Waals surface area contributed by atoms with Crippen LogP contribution in [0.4, 0.5) is 0 Å². The zero-order valence-corrected chi connectivity index (χ0v) is 36.5. The summed E-state index contributed by atoms with van der Waals surface area (Å²) in [4.78, 5) is 139. The second-order valence-electron chi connectivity index (χ2n) is 14.6. The van der Waals surface area contributed by atoms with E-state index in [-0.39, 0.29) is 18.6 Å². The molecule has 0 aromatic carbocycles. The van der Waals surface area contributed by atoms with E-state index in [9.17, 15) is 73.2 Å². The molecule has 8 amide bonds. The molecule has 0 aliphatic rings. The molecule has 0 aliphatic carbocycles. The Balaban J connectivity index is 6.13. The highest BCUT2D eigenvalue weighted by Gasteiger charge is 2.36. The van der Waals surface area contributed by atoms with Gasteiger partial charge in [-0.2, -0.15) is 11.8 Å². The van der Waals surface area contributed by atoms with E-state index in [1.807, 2.05) is 0 Å². The maximum atomic E-state index is 13.7. The largest absolute Gasteiger partial charge is 0.481 e. The van der Waals surface area contributed by atoms with Gasteiger partial charge in [-0.1, -0.05) is 34.1 Å².